The Labute approximate surface area is 204 Å². The van der Waals surface area contributed by atoms with Crippen LogP contribution in [0.15, 0.2) is 30.5 Å². The third kappa shape index (κ3) is 4.85. The van der Waals surface area contributed by atoms with E-state index in [4.69, 9.17) is 9.47 Å². The number of ether oxygens (including phenoxy) is 2. The maximum atomic E-state index is 15.7. The van der Waals surface area contributed by atoms with Crippen LogP contribution in [0, 0.1) is 5.82 Å². The molecule has 1 fully saturated rings. The van der Waals surface area contributed by atoms with E-state index in [1.807, 2.05) is 0 Å². The Morgan fingerprint density at radius 2 is 1.94 bits per heavy atom. The number of hydrogen-bond acceptors (Lipinski definition) is 6. The number of aromatic nitrogens is 1. The smallest absolute Gasteiger partial charge is 0.410 e. The maximum absolute atomic E-state index is 15.7. The minimum atomic E-state index is -0.678. The molecule has 1 unspecified atom stereocenters. The van der Waals surface area contributed by atoms with Crippen molar-refractivity contribution >= 4 is 23.7 Å². The summed E-state index contributed by atoms with van der Waals surface area (Å²) in [4.78, 5) is 45.4. The van der Waals surface area contributed by atoms with E-state index in [0.717, 1.165) is 0 Å². The first-order valence-corrected chi connectivity index (χ1v) is 11.7. The van der Waals surface area contributed by atoms with E-state index >= 15 is 4.39 Å². The zero-order valence-corrected chi connectivity index (χ0v) is 20.6. The fourth-order valence-corrected chi connectivity index (χ4v) is 4.43. The quantitative estimate of drug-likeness (QED) is 0.605. The molecule has 0 saturated carbocycles. The van der Waals surface area contributed by atoms with E-state index in [1.54, 1.807) is 63.9 Å². The zero-order chi connectivity index (χ0) is 25.5. The summed E-state index contributed by atoms with van der Waals surface area (Å²) in [5.41, 5.74) is 1.53. The maximum Gasteiger partial charge on any atom is 0.410 e. The molecule has 186 valence electrons. The molecule has 0 aliphatic carbocycles. The third-order valence-electron chi connectivity index (χ3n) is 6.13. The monoisotopic (exact) mass is 483 g/mol. The predicted octanol–water partition coefficient (Wildman–Crippen LogP) is 4.24. The van der Waals surface area contributed by atoms with E-state index in [-0.39, 0.29) is 30.5 Å². The van der Waals surface area contributed by atoms with Crippen LogP contribution in [0.2, 0.25) is 0 Å². The Kier molecular flexibility index (Phi) is 6.53. The van der Waals surface area contributed by atoms with Gasteiger partial charge in [0.05, 0.1) is 23.9 Å². The second-order valence-electron chi connectivity index (χ2n) is 9.87. The molecule has 2 aliphatic heterocycles. The molecule has 8 nitrogen and oxygen atoms in total. The summed E-state index contributed by atoms with van der Waals surface area (Å²) in [5, 5.41) is 0. The van der Waals surface area contributed by atoms with Crippen molar-refractivity contribution in [2.75, 3.05) is 31.1 Å². The van der Waals surface area contributed by atoms with Gasteiger partial charge in [0.2, 0.25) is 5.91 Å². The van der Waals surface area contributed by atoms with Crippen molar-refractivity contribution < 1.29 is 28.2 Å². The van der Waals surface area contributed by atoms with Gasteiger partial charge in [-0.3, -0.25) is 19.5 Å². The summed E-state index contributed by atoms with van der Waals surface area (Å²) in [6, 6.07) is 6.60. The van der Waals surface area contributed by atoms with Crippen LogP contribution in [0.1, 0.15) is 57.7 Å². The van der Waals surface area contributed by atoms with Gasteiger partial charge < -0.3 is 14.4 Å². The van der Waals surface area contributed by atoms with Gasteiger partial charge >= 0.3 is 12.1 Å². The summed E-state index contributed by atoms with van der Waals surface area (Å²) in [7, 11) is 0. The van der Waals surface area contributed by atoms with E-state index < -0.39 is 29.4 Å². The minimum absolute atomic E-state index is 0.129. The lowest BCUT2D eigenvalue weighted by molar-refractivity contribution is -0.142. The molecular weight excluding hydrogens is 453 g/mol. The highest BCUT2D eigenvalue weighted by atomic mass is 19.1. The number of likely N-dealkylation sites (tertiary alicyclic amines) is 1. The number of hydrogen-bond donors (Lipinski definition) is 0. The Morgan fingerprint density at radius 3 is 2.60 bits per heavy atom. The van der Waals surface area contributed by atoms with Crippen molar-refractivity contribution in [3.05, 3.63) is 47.5 Å². The molecule has 1 aromatic carbocycles. The summed E-state index contributed by atoms with van der Waals surface area (Å²) < 4.78 is 26.2. The molecule has 2 amide bonds. The molecule has 1 saturated heterocycles. The highest BCUT2D eigenvalue weighted by Crippen LogP contribution is 2.44. The molecule has 3 heterocycles. The van der Waals surface area contributed by atoms with Gasteiger partial charge in [-0.2, -0.15) is 0 Å². The molecule has 4 rings (SSSR count). The van der Waals surface area contributed by atoms with E-state index in [1.165, 1.54) is 11.0 Å². The average molecular weight is 484 g/mol. The molecular formula is C26H30FN3O5. The van der Waals surface area contributed by atoms with E-state index in [9.17, 15) is 14.4 Å². The van der Waals surface area contributed by atoms with Crippen molar-refractivity contribution in [1.29, 1.82) is 0 Å². The number of halogens is 1. The molecule has 0 bridgehead atoms. The Hall–Kier alpha value is -3.49. The SMILES string of the molecule is CCOC(=O)CN1C(=O)C(C)c2ncccc2-c2c(F)cc(C3CN(C(=O)OC(C)(C)C)C3)cc21. The van der Waals surface area contributed by atoms with Gasteiger partial charge in [-0.1, -0.05) is 6.07 Å². The normalized spacial score (nSPS) is 17.8. The standard InChI is InChI=1S/C26H30FN3O5/c1-6-34-21(31)14-30-20-11-16(17-12-29(13-17)25(33)35-26(3,4)5)10-19(27)22(20)18-8-7-9-28-23(18)15(2)24(30)32/h7-11,15,17H,6,12-14H2,1-5H3. The molecule has 2 aliphatic rings. The molecule has 0 N–H and O–H groups in total. The molecule has 0 spiro atoms. The molecule has 1 atom stereocenters. The molecule has 9 heteroatoms. The van der Waals surface area contributed by atoms with Crippen molar-refractivity contribution in [3.8, 4) is 11.1 Å². The predicted molar refractivity (Wildman–Crippen MR) is 128 cm³/mol. The highest BCUT2D eigenvalue weighted by molar-refractivity contribution is 6.07. The molecule has 2 aromatic rings. The van der Waals surface area contributed by atoms with Crippen LogP contribution in [0.5, 0.6) is 0 Å². The van der Waals surface area contributed by atoms with E-state index in [2.05, 4.69) is 4.98 Å². The van der Waals surface area contributed by atoms with Gasteiger partial charge in [-0.05, 0) is 58.4 Å². The van der Waals surface area contributed by atoms with Crippen molar-refractivity contribution in [3.63, 3.8) is 0 Å². The topological polar surface area (TPSA) is 89.0 Å². The number of pyridine rings is 1. The van der Waals surface area contributed by atoms with Gasteiger partial charge in [-0.25, -0.2) is 9.18 Å². The van der Waals surface area contributed by atoms with Crippen LogP contribution in [0.25, 0.3) is 11.1 Å². The van der Waals surface area contributed by atoms with Crippen LogP contribution < -0.4 is 4.90 Å². The summed E-state index contributed by atoms with van der Waals surface area (Å²) >= 11 is 0. The van der Waals surface area contributed by atoms with Crippen LogP contribution in [0.4, 0.5) is 14.9 Å². The number of esters is 1. The number of anilines is 1. The van der Waals surface area contributed by atoms with Gasteiger partial charge in [-0.15, -0.1) is 0 Å². The van der Waals surface area contributed by atoms with Crippen LogP contribution in [-0.4, -0.2) is 59.7 Å². The lowest BCUT2D eigenvalue weighted by Gasteiger charge is -2.40. The third-order valence-corrected chi connectivity index (χ3v) is 6.13. The average Bonchev–Trinajstić information content (AvgIpc) is 2.81. The zero-order valence-electron chi connectivity index (χ0n) is 20.6. The number of nitrogens with zero attached hydrogens (tertiary/aromatic N) is 3. The van der Waals surface area contributed by atoms with Gasteiger partial charge in [0.15, 0.2) is 0 Å². The number of benzene rings is 1. The Balaban J connectivity index is 1.72. The van der Waals surface area contributed by atoms with Crippen LogP contribution in [-0.2, 0) is 19.1 Å². The van der Waals surface area contributed by atoms with Gasteiger partial charge in [0.1, 0.15) is 18.0 Å². The largest absolute Gasteiger partial charge is 0.465 e. The lowest BCUT2D eigenvalue weighted by atomic mass is 9.88. The summed E-state index contributed by atoms with van der Waals surface area (Å²) in [5.74, 6) is -2.27. The minimum Gasteiger partial charge on any atom is -0.465 e. The number of rotatable bonds is 4. The van der Waals surface area contributed by atoms with Gasteiger partial charge in [0, 0.05) is 36.3 Å². The second kappa shape index (κ2) is 9.28. The summed E-state index contributed by atoms with van der Waals surface area (Å²) in [6.07, 6.45) is 1.15. The summed E-state index contributed by atoms with van der Waals surface area (Å²) in [6.45, 7) is 9.34. The number of fused-ring (bicyclic) bond motifs is 3. The molecule has 1 aromatic heterocycles. The number of amides is 2. The van der Waals surface area contributed by atoms with Crippen molar-refractivity contribution in [2.45, 2.75) is 52.1 Å². The molecule has 35 heavy (non-hydrogen) atoms. The fraction of sp³-hybridized carbons (Fsp3) is 0.462. The van der Waals surface area contributed by atoms with Gasteiger partial charge in [0.25, 0.3) is 0 Å². The van der Waals surface area contributed by atoms with Crippen LogP contribution in [0.3, 0.4) is 0 Å². The Morgan fingerprint density at radius 1 is 1.23 bits per heavy atom. The van der Waals surface area contributed by atoms with Crippen molar-refractivity contribution in [1.82, 2.24) is 9.88 Å². The second-order valence-corrected chi connectivity index (χ2v) is 9.87. The Bertz CT molecular complexity index is 1170. The highest BCUT2D eigenvalue weighted by Gasteiger charge is 2.38. The van der Waals surface area contributed by atoms with Crippen LogP contribution >= 0.6 is 0 Å². The molecule has 0 radical (unpaired) electrons. The lowest BCUT2D eigenvalue weighted by Crippen LogP contribution is -2.50. The number of carbonyl (C=O) groups excluding carboxylic acids is 3. The first-order valence-electron chi connectivity index (χ1n) is 11.7. The number of carbonyl (C=O) groups is 3. The fourth-order valence-electron chi connectivity index (χ4n) is 4.43. The first-order chi connectivity index (χ1) is 16.5. The first kappa shape index (κ1) is 24.6. The van der Waals surface area contributed by atoms with E-state index in [0.29, 0.717) is 35.6 Å². The van der Waals surface area contributed by atoms with Crippen molar-refractivity contribution in [2.24, 2.45) is 0 Å².